The second kappa shape index (κ2) is 68.4. The summed E-state index contributed by atoms with van der Waals surface area (Å²) in [4.78, 5) is 24.6. The molecule has 2 unspecified atom stereocenters. The number of unbranched alkanes of at least 4 members (excludes halogenated alkanes) is 58. The molecule has 2 atom stereocenters. The fourth-order valence-electron chi connectivity index (χ4n) is 11.9. The quantitative estimate of drug-likeness (QED) is 0.0417. The third-order valence-electron chi connectivity index (χ3n) is 17.4. The van der Waals surface area contributed by atoms with Crippen LogP contribution < -0.4 is 5.32 Å². The van der Waals surface area contributed by atoms with Gasteiger partial charge in [-0.15, -0.1) is 0 Å². The molecule has 6 nitrogen and oxygen atoms in total. The summed E-state index contributed by atoms with van der Waals surface area (Å²) in [6.45, 7) is 5.01. The number of amides is 1. The van der Waals surface area contributed by atoms with E-state index >= 15 is 0 Å². The molecule has 78 heavy (non-hydrogen) atoms. The van der Waals surface area contributed by atoms with Crippen LogP contribution in [0.15, 0.2) is 0 Å². The van der Waals surface area contributed by atoms with Gasteiger partial charge in [-0.25, -0.2) is 0 Å². The molecule has 0 aromatic carbocycles. The first kappa shape index (κ1) is 76.9. The van der Waals surface area contributed by atoms with Gasteiger partial charge in [0.15, 0.2) is 0 Å². The SMILES string of the molecule is CCCCCCCCCCCCCCCCCCCCC(O)C(CO)NC(=O)CCCCCCCCCCCCCCCCCCCCCCCCCCCCCCOC(=O)CCCCCCCCCCCCCCCCC. The van der Waals surface area contributed by atoms with Crippen molar-refractivity contribution in [1.29, 1.82) is 0 Å². The smallest absolute Gasteiger partial charge is 0.305 e. The average molecular weight is 1100 g/mol. The monoisotopic (exact) mass is 1100 g/mol. The standard InChI is InChI=1S/C72H143NO5/c1-3-5-7-9-11-13-15-17-19-20-33-37-40-44-48-52-56-60-64-70(75)69(68-74)73-71(76)65-61-57-53-49-45-41-38-34-31-29-27-25-23-21-22-24-26-28-30-32-35-39-43-47-51-55-59-63-67-78-72(77)66-62-58-54-50-46-42-36-18-16-14-12-10-8-6-4-2/h69-70,74-75H,3-68H2,1-2H3,(H,73,76). The Balaban J connectivity index is 3.32. The highest BCUT2D eigenvalue weighted by molar-refractivity contribution is 5.76. The molecule has 0 bridgehead atoms. The van der Waals surface area contributed by atoms with Crippen molar-refractivity contribution < 1.29 is 24.5 Å². The molecular formula is C72H143NO5. The van der Waals surface area contributed by atoms with Crippen LogP contribution in [0.25, 0.3) is 0 Å². The molecule has 0 radical (unpaired) electrons. The minimum Gasteiger partial charge on any atom is -0.466 e. The number of aliphatic hydroxyl groups excluding tert-OH is 2. The summed E-state index contributed by atoms with van der Waals surface area (Å²) in [5, 5.41) is 23.4. The minimum atomic E-state index is -0.661. The number of carbonyl (C=O) groups is 2. The van der Waals surface area contributed by atoms with Crippen LogP contribution in [0.5, 0.6) is 0 Å². The maximum absolute atomic E-state index is 12.5. The number of aliphatic hydroxyl groups is 2. The summed E-state index contributed by atoms with van der Waals surface area (Å²) < 4.78 is 5.50. The van der Waals surface area contributed by atoms with Gasteiger partial charge >= 0.3 is 5.97 Å². The second-order valence-electron chi connectivity index (χ2n) is 25.3. The summed E-state index contributed by atoms with van der Waals surface area (Å²) in [7, 11) is 0. The fourth-order valence-corrected chi connectivity index (χ4v) is 11.9. The topological polar surface area (TPSA) is 95.9 Å². The van der Waals surface area contributed by atoms with E-state index in [1.54, 1.807) is 0 Å². The van der Waals surface area contributed by atoms with Gasteiger partial charge in [0.1, 0.15) is 0 Å². The molecule has 0 aromatic heterocycles. The van der Waals surface area contributed by atoms with Gasteiger partial charge in [-0.1, -0.05) is 386 Å². The fraction of sp³-hybridized carbons (Fsp3) is 0.972. The van der Waals surface area contributed by atoms with E-state index in [0.717, 1.165) is 38.5 Å². The molecular weight excluding hydrogens is 959 g/mol. The van der Waals surface area contributed by atoms with Gasteiger partial charge in [0.25, 0.3) is 0 Å². The number of rotatable bonds is 69. The summed E-state index contributed by atoms with van der Waals surface area (Å²) in [5.74, 6) is -0.00381. The Morgan fingerprint density at radius 1 is 0.308 bits per heavy atom. The van der Waals surface area contributed by atoms with Crippen LogP contribution in [0.2, 0.25) is 0 Å². The minimum absolute atomic E-state index is 0.0231. The van der Waals surface area contributed by atoms with E-state index in [9.17, 15) is 19.8 Å². The predicted octanol–water partition coefficient (Wildman–Crippen LogP) is 23.4. The summed E-state index contributed by atoms with van der Waals surface area (Å²) >= 11 is 0. The lowest BCUT2D eigenvalue weighted by Crippen LogP contribution is -2.45. The van der Waals surface area contributed by atoms with Crippen LogP contribution in [-0.2, 0) is 14.3 Å². The Labute approximate surface area is 489 Å². The van der Waals surface area contributed by atoms with Gasteiger partial charge in [-0.05, 0) is 25.7 Å². The number of nitrogens with one attached hydrogen (secondary N) is 1. The summed E-state index contributed by atoms with van der Waals surface area (Å²) in [6.07, 6.45) is 83.0. The number of ether oxygens (including phenoxy) is 1. The first-order valence-corrected chi connectivity index (χ1v) is 36.3. The van der Waals surface area contributed by atoms with Crippen molar-refractivity contribution in [3.8, 4) is 0 Å². The van der Waals surface area contributed by atoms with Crippen molar-refractivity contribution in [2.24, 2.45) is 0 Å². The Kier molecular flexibility index (Phi) is 67.4. The van der Waals surface area contributed by atoms with Crippen molar-refractivity contribution in [1.82, 2.24) is 5.32 Å². The molecule has 0 saturated heterocycles. The summed E-state index contributed by atoms with van der Waals surface area (Å²) in [6, 6.07) is -0.538. The van der Waals surface area contributed by atoms with Crippen LogP contribution in [0.3, 0.4) is 0 Å². The van der Waals surface area contributed by atoms with E-state index in [0.29, 0.717) is 25.9 Å². The molecule has 1 amide bonds. The van der Waals surface area contributed by atoms with Crippen LogP contribution in [-0.4, -0.2) is 47.4 Å². The van der Waals surface area contributed by atoms with Crippen molar-refractivity contribution in [3.63, 3.8) is 0 Å². The summed E-state index contributed by atoms with van der Waals surface area (Å²) in [5.41, 5.74) is 0. The molecule has 0 aliphatic rings. The van der Waals surface area contributed by atoms with E-state index in [4.69, 9.17) is 4.74 Å². The van der Waals surface area contributed by atoms with Crippen molar-refractivity contribution in [2.75, 3.05) is 13.2 Å². The van der Waals surface area contributed by atoms with Crippen molar-refractivity contribution in [2.45, 2.75) is 437 Å². The molecule has 466 valence electrons. The molecule has 0 fully saturated rings. The number of carbonyl (C=O) groups excluding carboxylic acids is 2. The van der Waals surface area contributed by atoms with Gasteiger partial charge in [0.05, 0.1) is 25.4 Å². The molecule has 0 aromatic rings. The highest BCUT2D eigenvalue weighted by atomic mass is 16.5. The molecule has 0 saturated carbocycles. The van der Waals surface area contributed by atoms with E-state index in [1.807, 2.05) is 0 Å². The molecule has 0 spiro atoms. The second-order valence-corrected chi connectivity index (χ2v) is 25.3. The molecule has 6 heteroatoms. The zero-order valence-corrected chi connectivity index (χ0v) is 53.4. The number of hydrogen-bond donors (Lipinski definition) is 3. The van der Waals surface area contributed by atoms with Gasteiger partial charge < -0.3 is 20.3 Å². The van der Waals surface area contributed by atoms with Crippen LogP contribution >= 0.6 is 0 Å². The molecule has 0 aliphatic heterocycles. The molecule has 0 heterocycles. The highest BCUT2D eigenvalue weighted by Crippen LogP contribution is 2.20. The molecule has 0 aliphatic carbocycles. The number of hydrogen-bond acceptors (Lipinski definition) is 5. The van der Waals surface area contributed by atoms with Gasteiger partial charge in [-0.2, -0.15) is 0 Å². The van der Waals surface area contributed by atoms with Gasteiger partial charge in [0.2, 0.25) is 5.91 Å². The number of esters is 1. The van der Waals surface area contributed by atoms with Crippen LogP contribution in [0.4, 0.5) is 0 Å². The Morgan fingerprint density at radius 2 is 0.526 bits per heavy atom. The maximum Gasteiger partial charge on any atom is 0.305 e. The predicted molar refractivity (Wildman–Crippen MR) is 343 cm³/mol. The van der Waals surface area contributed by atoms with Crippen molar-refractivity contribution in [3.05, 3.63) is 0 Å². The average Bonchev–Trinajstić information content (AvgIpc) is 3.44. The highest BCUT2D eigenvalue weighted by Gasteiger charge is 2.20. The zero-order chi connectivity index (χ0) is 56.4. The molecule has 3 N–H and O–H groups in total. The van der Waals surface area contributed by atoms with E-state index in [1.165, 1.54) is 353 Å². The Hall–Kier alpha value is -1.14. The van der Waals surface area contributed by atoms with Crippen molar-refractivity contribution >= 4 is 11.9 Å². The third kappa shape index (κ3) is 64.0. The van der Waals surface area contributed by atoms with Gasteiger partial charge in [0, 0.05) is 12.8 Å². The van der Waals surface area contributed by atoms with E-state index in [-0.39, 0.29) is 18.5 Å². The van der Waals surface area contributed by atoms with Gasteiger partial charge in [-0.3, -0.25) is 9.59 Å². The lowest BCUT2D eigenvalue weighted by Gasteiger charge is -2.22. The van der Waals surface area contributed by atoms with E-state index < -0.39 is 12.1 Å². The molecule has 0 rings (SSSR count). The first-order valence-electron chi connectivity index (χ1n) is 36.3. The van der Waals surface area contributed by atoms with E-state index in [2.05, 4.69) is 19.2 Å². The van der Waals surface area contributed by atoms with Crippen LogP contribution in [0.1, 0.15) is 425 Å². The maximum atomic E-state index is 12.5. The lowest BCUT2D eigenvalue weighted by atomic mass is 10.0. The normalized spacial score (nSPS) is 12.4. The Bertz CT molecular complexity index is 1130. The Morgan fingerprint density at radius 3 is 0.782 bits per heavy atom. The van der Waals surface area contributed by atoms with Crippen LogP contribution in [0, 0.1) is 0 Å². The first-order chi connectivity index (χ1) is 38.5. The zero-order valence-electron chi connectivity index (χ0n) is 53.4. The largest absolute Gasteiger partial charge is 0.466 e. The third-order valence-corrected chi connectivity index (χ3v) is 17.4. The lowest BCUT2D eigenvalue weighted by molar-refractivity contribution is -0.143.